The Kier molecular flexibility index (Phi) is 4.15. The second kappa shape index (κ2) is 6.72. The minimum atomic E-state index is -0.648. The lowest BCUT2D eigenvalue weighted by molar-refractivity contribution is -0.128. The van der Waals surface area contributed by atoms with E-state index in [0.29, 0.717) is 17.2 Å². The van der Waals surface area contributed by atoms with Crippen LogP contribution in [-0.2, 0) is 9.59 Å². The fourth-order valence-electron chi connectivity index (χ4n) is 4.54. The average molecular weight is 394 g/mol. The molecule has 8 heteroatoms. The Hall–Kier alpha value is -3.16. The lowest BCUT2D eigenvalue weighted by atomic mass is 9.89. The number of hydrogen-bond donors (Lipinski definition) is 1. The van der Waals surface area contributed by atoms with Crippen molar-refractivity contribution in [1.29, 1.82) is 0 Å². The van der Waals surface area contributed by atoms with E-state index in [1.54, 1.807) is 32.6 Å². The zero-order chi connectivity index (χ0) is 20.1. The number of hydrogen-bond acceptors (Lipinski definition) is 6. The Bertz CT molecular complexity index is 991. The van der Waals surface area contributed by atoms with Crippen molar-refractivity contribution >= 4 is 23.1 Å². The number of nitrogens with one attached hydrogen (secondary N) is 1. The van der Waals surface area contributed by atoms with Crippen LogP contribution in [0.3, 0.4) is 0 Å². The molecule has 1 unspecified atom stereocenters. The van der Waals surface area contributed by atoms with Gasteiger partial charge in [-0.15, -0.1) is 0 Å². The van der Waals surface area contributed by atoms with Crippen molar-refractivity contribution in [3.05, 3.63) is 35.7 Å². The van der Waals surface area contributed by atoms with Crippen molar-refractivity contribution in [2.75, 3.05) is 19.5 Å². The number of anilines is 1. The van der Waals surface area contributed by atoms with Crippen molar-refractivity contribution in [3.8, 4) is 11.5 Å². The van der Waals surface area contributed by atoms with Crippen LogP contribution >= 0.6 is 0 Å². The second-order valence-corrected chi connectivity index (χ2v) is 7.83. The van der Waals surface area contributed by atoms with Gasteiger partial charge in [0.2, 0.25) is 0 Å². The van der Waals surface area contributed by atoms with Crippen molar-refractivity contribution < 1.29 is 19.1 Å². The molecule has 1 aliphatic carbocycles. The van der Waals surface area contributed by atoms with Gasteiger partial charge >= 0.3 is 0 Å². The fraction of sp³-hybridized carbons (Fsp3) is 0.429. The molecule has 1 saturated carbocycles. The quantitative estimate of drug-likeness (QED) is 0.853. The number of carbonyl (C=O) groups is 2. The molecule has 0 radical (unpaired) electrons. The molecule has 3 aliphatic heterocycles. The standard InChI is InChI=1S/C21H22N4O4/c1-25-10-15(14-9-22-24-17(14)21(25)27)13-7-12(28-2)8-16-19(13)29-18(20(26)23-16)11-5-3-4-6-11/h7-11,17-18H,3-6H2,1-2H3,(H,23,26)/t17?,18-/m1/s1. The summed E-state index contributed by atoms with van der Waals surface area (Å²) in [6.07, 6.45) is 7.09. The Morgan fingerprint density at radius 2 is 2.03 bits per heavy atom. The summed E-state index contributed by atoms with van der Waals surface area (Å²) in [5, 5.41) is 11.0. The highest BCUT2D eigenvalue weighted by atomic mass is 16.5. The number of azo groups is 1. The molecule has 0 bridgehead atoms. The summed E-state index contributed by atoms with van der Waals surface area (Å²) in [6.45, 7) is 0. The van der Waals surface area contributed by atoms with Crippen LogP contribution in [0.2, 0.25) is 0 Å². The van der Waals surface area contributed by atoms with E-state index in [4.69, 9.17) is 9.47 Å². The Labute approximate surface area is 168 Å². The maximum atomic E-state index is 12.7. The zero-order valence-electron chi connectivity index (χ0n) is 16.3. The van der Waals surface area contributed by atoms with Crippen LogP contribution in [0.15, 0.2) is 40.3 Å². The maximum absolute atomic E-state index is 12.7. The lowest BCUT2D eigenvalue weighted by Gasteiger charge is -2.33. The van der Waals surface area contributed by atoms with E-state index in [0.717, 1.165) is 42.4 Å². The molecular formula is C21H22N4O4. The van der Waals surface area contributed by atoms with Crippen LogP contribution in [0.1, 0.15) is 31.2 Å². The average Bonchev–Trinajstić information content (AvgIpc) is 3.41. The molecule has 1 N–H and O–H groups in total. The first kappa shape index (κ1) is 17.9. The van der Waals surface area contributed by atoms with Crippen LogP contribution in [0.25, 0.3) is 5.57 Å². The SMILES string of the molecule is COc1cc2c(c(C3=CN(C)C(=O)C4N=NC=C34)c1)O[C@H](C1CCCC1)C(=O)N2. The van der Waals surface area contributed by atoms with Crippen LogP contribution in [0, 0.1) is 5.92 Å². The molecule has 2 amide bonds. The summed E-state index contributed by atoms with van der Waals surface area (Å²) < 4.78 is 11.8. The van der Waals surface area contributed by atoms with Gasteiger partial charge in [-0.05, 0) is 18.9 Å². The highest BCUT2D eigenvalue weighted by molar-refractivity contribution is 6.03. The van der Waals surface area contributed by atoms with Crippen LogP contribution in [-0.4, -0.2) is 43.0 Å². The summed E-state index contributed by atoms with van der Waals surface area (Å²) in [6, 6.07) is 2.98. The smallest absolute Gasteiger partial charge is 0.265 e. The number of fused-ring (bicyclic) bond motifs is 2. The third kappa shape index (κ3) is 2.82. The van der Waals surface area contributed by atoms with E-state index in [-0.39, 0.29) is 17.7 Å². The number of ether oxygens (including phenoxy) is 2. The molecule has 8 nitrogen and oxygen atoms in total. The van der Waals surface area contributed by atoms with Crippen LogP contribution in [0.5, 0.6) is 11.5 Å². The van der Waals surface area contributed by atoms with Gasteiger partial charge in [0.1, 0.15) is 5.75 Å². The molecule has 0 saturated heterocycles. The highest BCUT2D eigenvalue weighted by Crippen LogP contribution is 2.46. The van der Waals surface area contributed by atoms with Crippen molar-refractivity contribution in [3.63, 3.8) is 0 Å². The normalized spacial score (nSPS) is 25.8. The van der Waals surface area contributed by atoms with E-state index in [1.165, 1.54) is 4.90 Å². The molecule has 0 spiro atoms. The second-order valence-electron chi connectivity index (χ2n) is 7.83. The maximum Gasteiger partial charge on any atom is 0.265 e. The highest BCUT2D eigenvalue weighted by Gasteiger charge is 2.40. The molecule has 150 valence electrons. The van der Waals surface area contributed by atoms with E-state index in [9.17, 15) is 9.59 Å². The molecule has 0 aromatic heterocycles. The van der Waals surface area contributed by atoms with Gasteiger partial charge in [-0.3, -0.25) is 9.59 Å². The third-order valence-electron chi connectivity index (χ3n) is 6.07. The predicted molar refractivity (Wildman–Crippen MR) is 105 cm³/mol. The van der Waals surface area contributed by atoms with Gasteiger partial charge in [0.25, 0.3) is 11.8 Å². The van der Waals surface area contributed by atoms with Gasteiger partial charge in [-0.25, -0.2) is 0 Å². The van der Waals surface area contributed by atoms with Crippen LogP contribution in [0.4, 0.5) is 5.69 Å². The van der Waals surface area contributed by atoms with Crippen molar-refractivity contribution in [2.24, 2.45) is 16.1 Å². The fourth-order valence-corrected chi connectivity index (χ4v) is 4.54. The molecule has 29 heavy (non-hydrogen) atoms. The molecule has 1 fully saturated rings. The summed E-state index contributed by atoms with van der Waals surface area (Å²) in [5.74, 6) is 1.16. The zero-order valence-corrected chi connectivity index (χ0v) is 16.3. The minimum absolute atomic E-state index is 0.114. The number of nitrogens with zero attached hydrogens (tertiary/aromatic N) is 3. The number of carbonyl (C=O) groups excluding carboxylic acids is 2. The first-order valence-corrected chi connectivity index (χ1v) is 9.85. The van der Waals surface area contributed by atoms with Gasteiger partial charge < -0.3 is 19.7 Å². The number of benzene rings is 1. The summed E-state index contributed by atoms with van der Waals surface area (Å²) >= 11 is 0. The van der Waals surface area contributed by atoms with E-state index in [1.807, 2.05) is 6.07 Å². The molecular weight excluding hydrogens is 372 g/mol. The number of likely N-dealkylation sites (N-methyl/N-ethyl adjacent to an activating group) is 1. The molecule has 3 heterocycles. The van der Waals surface area contributed by atoms with Gasteiger partial charge in [0, 0.05) is 41.9 Å². The van der Waals surface area contributed by atoms with Gasteiger partial charge in [-0.1, -0.05) is 12.8 Å². The predicted octanol–water partition coefficient (Wildman–Crippen LogP) is 3.12. The number of rotatable bonds is 3. The Morgan fingerprint density at radius 3 is 2.79 bits per heavy atom. The molecule has 2 atom stereocenters. The first-order chi connectivity index (χ1) is 14.1. The lowest BCUT2D eigenvalue weighted by Crippen LogP contribution is -2.42. The van der Waals surface area contributed by atoms with Crippen LogP contribution < -0.4 is 14.8 Å². The number of amides is 2. The monoisotopic (exact) mass is 394 g/mol. The summed E-state index contributed by atoms with van der Waals surface area (Å²) in [7, 11) is 3.27. The molecule has 4 aliphatic rings. The minimum Gasteiger partial charge on any atom is -0.497 e. The van der Waals surface area contributed by atoms with E-state index < -0.39 is 12.1 Å². The molecule has 1 aromatic carbocycles. The number of methoxy groups -OCH3 is 1. The van der Waals surface area contributed by atoms with Crippen molar-refractivity contribution in [1.82, 2.24) is 4.90 Å². The van der Waals surface area contributed by atoms with Gasteiger partial charge in [-0.2, -0.15) is 10.2 Å². The van der Waals surface area contributed by atoms with Gasteiger partial charge in [0.15, 0.2) is 17.9 Å². The molecule has 1 aromatic rings. The topological polar surface area (TPSA) is 92.6 Å². The molecule has 5 rings (SSSR count). The van der Waals surface area contributed by atoms with Crippen molar-refractivity contribution in [2.45, 2.75) is 37.8 Å². The van der Waals surface area contributed by atoms with E-state index in [2.05, 4.69) is 15.5 Å². The van der Waals surface area contributed by atoms with Gasteiger partial charge in [0.05, 0.1) is 19.0 Å². The third-order valence-corrected chi connectivity index (χ3v) is 6.07. The summed E-state index contributed by atoms with van der Waals surface area (Å²) in [5.41, 5.74) is 2.84. The largest absolute Gasteiger partial charge is 0.497 e. The summed E-state index contributed by atoms with van der Waals surface area (Å²) in [4.78, 5) is 26.7. The Morgan fingerprint density at radius 1 is 1.24 bits per heavy atom. The first-order valence-electron chi connectivity index (χ1n) is 9.85. The van der Waals surface area contributed by atoms with E-state index >= 15 is 0 Å². The Balaban J connectivity index is 1.62.